The number of nitrogens with one attached hydrogen (secondary N) is 1. The van der Waals surface area contributed by atoms with Crippen molar-refractivity contribution in [3.05, 3.63) is 51.5 Å². The molecule has 3 aromatic rings. The van der Waals surface area contributed by atoms with Crippen LogP contribution in [0.25, 0.3) is 10.2 Å². The molecule has 0 aliphatic carbocycles. The van der Waals surface area contributed by atoms with Crippen LogP contribution in [0.5, 0.6) is 0 Å². The predicted octanol–water partition coefficient (Wildman–Crippen LogP) is 3.10. The number of benzene rings is 1. The SMILES string of the molecule is Cc1nnc2sc(C(=O)NCc3cccc(F)c3F)c(N)c2c1C. The minimum atomic E-state index is -0.973. The molecule has 0 bridgehead atoms. The van der Waals surface area contributed by atoms with E-state index in [-0.39, 0.29) is 17.0 Å². The molecule has 3 rings (SSSR count). The number of thiophene rings is 1. The van der Waals surface area contributed by atoms with Crippen LogP contribution in [0, 0.1) is 25.5 Å². The zero-order valence-electron chi connectivity index (χ0n) is 13.0. The van der Waals surface area contributed by atoms with E-state index in [2.05, 4.69) is 15.5 Å². The monoisotopic (exact) mass is 348 g/mol. The van der Waals surface area contributed by atoms with Crippen LogP contribution in [0.2, 0.25) is 0 Å². The van der Waals surface area contributed by atoms with Crippen molar-refractivity contribution in [3.8, 4) is 0 Å². The van der Waals surface area contributed by atoms with Gasteiger partial charge in [0.1, 0.15) is 9.71 Å². The van der Waals surface area contributed by atoms with E-state index in [1.54, 1.807) is 0 Å². The van der Waals surface area contributed by atoms with Gasteiger partial charge in [0.05, 0.1) is 11.4 Å². The van der Waals surface area contributed by atoms with E-state index in [1.165, 1.54) is 12.1 Å². The molecule has 0 aliphatic heterocycles. The molecular formula is C16H14F2N4OS. The molecule has 3 N–H and O–H groups in total. The third-order valence-corrected chi connectivity index (χ3v) is 4.90. The van der Waals surface area contributed by atoms with E-state index in [4.69, 9.17) is 5.73 Å². The Morgan fingerprint density at radius 3 is 2.79 bits per heavy atom. The summed E-state index contributed by atoms with van der Waals surface area (Å²) in [6, 6.07) is 3.82. The molecule has 2 aromatic heterocycles. The minimum Gasteiger partial charge on any atom is -0.397 e. The highest BCUT2D eigenvalue weighted by Gasteiger charge is 2.20. The van der Waals surface area contributed by atoms with Crippen LogP contribution in [-0.2, 0) is 6.54 Å². The van der Waals surface area contributed by atoms with Crippen molar-refractivity contribution >= 4 is 33.1 Å². The zero-order chi connectivity index (χ0) is 17.4. The van der Waals surface area contributed by atoms with E-state index >= 15 is 0 Å². The van der Waals surface area contributed by atoms with Crippen molar-refractivity contribution in [1.29, 1.82) is 0 Å². The number of halogens is 2. The van der Waals surface area contributed by atoms with Crippen molar-refractivity contribution in [2.24, 2.45) is 0 Å². The summed E-state index contributed by atoms with van der Waals surface area (Å²) >= 11 is 1.12. The normalized spacial score (nSPS) is 11.0. The molecule has 124 valence electrons. The zero-order valence-corrected chi connectivity index (χ0v) is 13.8. The number of carbonyl (C=O) groups is 1. The lowest BCUT2D eigenvalue weighted by molar-refractivity contribution is 0.0955. The number of rotatable bonds is 3. The molecule has 0 unspecified atom stereocenters. The summed E-state index contributed by atoms with van der Waals surface area (Å²) in [6.45, 7) is 3.53. The molecule has 0 saturated carbocycles. The summed E-state index contributed by atoms with van der Waals surface area (Å²) < 4.78 is 26.8. The minimum absolute atomic E-state index is 0.0647. The second-order valence-electron chi connectivity index (χ2n) is 5.33. The van der Waals surface area contributed by atoms with E-state index < -0.39 is 17.5 Å². The molecule has 1 aromatic carbocycles. The van der Waals surface area contributed by atoms with Crippen LogP contribution in [0.3, 0.4) is 0 Å². The quantitative estimate of drug-likeness (QED) is 0.762. The number of hydrogen-bond donors (Lipinski definition) is 2. The first-order valence-electron chi connectivity index (χ1n) is 7.13. The first-order valence-corrected chi connectivity index (χ1v) is 7.94. The highest BCUT2D eigenvalue weighted by Crippen LogP contribution is 2.34. The topological polar surface area (TPSA) is 80.9 Å². The number of amides is 1. The fourth-order valence-electron chi connectivity index (χ4n) is 2.35. The smallest absolute Gasteiger partial charge is 0.263 e. The average Bonchev–Trinajstić information content (AvgIpc) is 2.90. The van der Waals surface area contributed by atoms with Crippen molar-refractivity contribution in [2.75, 3.05) is 5.73 Å². The van der Waals surface area contributed by atoms with Gasteiger partial charge < -0.3 is 11.1 Å². The molecule has 1 amide bonds. The molecular weight excluding hydrogens is 334 g/mol. The maximum absolute atomic E-state index is 13.6. The van der Waals surface area contributed by atoms with Gasteiger partial charge in [0.15, 0.2) is 11.6 Å². The molecule has 2 heterocycles. The third kappa shape index (κ3) is 2.69. The molecule has 0 aliphatic rings. The van der Waals surface area contributed by atoms with Gasteiger partial charge in [0.25, 0.3) is 5.91 Å². The van der Waals surface area contributed by atoms with Crippen LogP contribution in [0.4, 0.5) is 14.5 Å². The summed E-state index contributed by atoms with van der Waals surface area (Å²) in [5.41, 5.74) is 8.07. The Morgan fingerprint density at radius 1 is 1.29 bits per heavy atom. The van der Waals surface area contributed by atoms with Crippen LogP contribution in [-0.4, -0.2) is 16.1 Å². The number of fused-ring (bicyclic) bond motifs is 1. The number of nitrogens with zero attached hydrogens (tertiary/aromatic N) is 2. The van der Waals surface area contributed by atoms with Gasteiger partial charge in [-0.1, -0.05) is 12.1 Å². The summed E-state index contributed by atoms with van der Waals surface area (Å²) in [5.74, 6) is -2.39. The summed E-state index contributed by atoms with van der Waals surface area (Å²) in [7, 11) is 0. The maximum atomic E-state index is 13.6. The number of aromatic nitrogens is 2. The number of aryl methyl sites for hydroxylation is 2. The standard InChI is InChI=1S/C16H14F2N4OS/c1-7-8(2)21-22-16-11(7)13(19)14(24-16)15(23)20-6-9-4-3-5-10(17)12(9)18/h3-5H,6,19H2,1-2H3,(H,20,23). The van der Waals surface area contributed by atoms with E-state index in [0.717, 1.165) is 28.7 Å². The largest absolute Gasteiger partial charge is 0.397 e. The summed E-state index contributed by atoms with van der Waals surface area (Å²) in [4.78, 5) is 13.2. The lowest BCUT2D eigenvalue weighted by Crippen LogP contribution is -2.23. The first kappa shape index (κ1) is 16.3. The molecule has 0 fully saturated rings. The highest BCUT2D eigenvalue weighted by molar-refractivity contribution is 7.21. The maximum Gasteiger partial charge on any atom is 0.263 e. The van der Waals surface area contributed by atoms with Gasteiger partial charge in [0.2, 0.25) is 0 Å². The van der Waals surface area contributed by atoms with Gasteiger partial charge >= 0.3 is 0 Å². The number of nitrogens with two attached hydrogens (primary N) is 1. The molecule has 0 atom stereocenters. The van der Waals surface area contributed by atoms with Crippen LogP contribution < -0.4 is 11.1 Å². The van der Waals surface area contributed by atoms with Gasteiger partial charge in [-0.3, -0.25) is 4.79 Å². The van der Waals surface area contributed by atoms with Gasteiger partial charge in [-0.15, -0.1) is 16.4 Å². The Hall–Kier alpha value is -2.61. The van der Waals surface area contributed by atoms with Crippen molar-refractivity contribution < 1.29 is 13.6 Å². The third-order valence-electron chi connectivity index (χ3n) is 3.81. The fourth-order valence-corrected chi connectivity index (χ4v) is 3.37. The van der Waals surface area contributed by atoms with E-state index in [0.29, 0.717) is 15.9 Å². The second-order valence-corrected chi connectivity index (χ2v) is 6.33. The van der Waals surface area contributed by atoms with E-state index in [9.17, 15) is 13.6 Å². The average molecular weight is 348 g/mol. The molecule has 24 heavy (non-hydrogen) atoms. The second kappa shape index (κ2) is 6.12. The van der Waals surface area contributed by atoms with Crippen molar-refractivity contribution in [2.45, 2.75) is 20.4 Å². The van der Waals surface area contributed by atoms with Gasteiger partial charge in [0, 0.05) is 17.5 Å². The van der Waals surface area contributed by atoms with Gasteiger partial charge in [-0.25, -0.2) is 8.78 Å². The Kier molecular flexibility index (Phi) is 4.15. The van der Waals surface area contributed by atoms with E-state index in [1.807, 2.05) is 13.8 Å². The van der Waals surface area contributed by atoms with Crippen molar-refractivity contribution in [1.82, 2.24) is 15.5 Å². The summed E-state index contributed by atoms with van der Waals surface area (Å²) in [5, 5.41) is 11.3. The van der Waals surface area contributed by atoms with Crippen LogP contribution in [0.1, 0.15) is 26.5 Å². The van der Waals surface area contributed by atoms with Gasteiger partial charge in [-0.2, -0.15) is 5.10 Å². The number of carbonyl (C=O) groups excluding carboxylic acids is 1. The molecule has 0 spiro atoms. The Labute approximate surface area is 140 Å². The Bertz CT molecular complexity index is 955. The summed E-state index contributed by atoms with van der Waals surface area (Å²) in [6.07, 6.45) is 0. The molecule has 0 saturated heterocycles. The molecule has 0 radical (unpaired) electrons. The fraction of sp³-hybridized carbons (Fsp3) is 0.188. The van der Waals surface area contributed by atoms with Gasteiger partial charge in [-0.05, 0) is 25.5 Å². The number of anilines is 1. The Morgan fingerprint density at radius 2 is 2.04 bits per heavy atom. The predicted molar refractivity (Wildman–Crippen MR) is 88.8 cm³/mol. The van der Waals surface area contributed by atoms with Crippen molar-refractivity contribution in [3.63, 3.8) is 0 Å². The lowest BCUT2D eigenvalue weighted by atomic mass is 10.1. The number of nitrogen functional groups attached to an aromatic ring is 1. The lowest BCUT2D eigenvalue weighted by Gasteiger charge is -2.06. The molecule has 8 heteroatoms. The number of hydrogen-bond acceptors (Lipinski definition) is 5. The first-order chi connectivity index (χ1) is 11.4. The van der Waals surface area contributed by atoms with Crippen LogP contribution in [0.15, 0.2) is 18.2 Å². The molecule has 5 nitrogen and oxygen atoms in total. The Balaban J connectivity index is 1.88. The van der Waals surface area contributed by atoms with Crippen LogP contribution >= 0.6 is 11.3 Å². The highest BCUT2D eigenvalue weighted by atomic mass is 32.1.